The number of hydrogen-bond acceptors (Lipinski definition) is 7. The van der Waals surface area contributed by atoms with Crippen LogP contribution in [0.3, 0.4) is 0 Å². The first kappa shape index (κ1) is 19.1. The molecular formula is C22H19N5O4S. The van der Waals surface area contributed by atoms with E-state index in [1.807, 2.05) is 12.1 Å². The molecule has 3 N–H and O–H groups in total. The molecule has 10 heteroatoms. The van der Waals surface area contributed by atoms with Gasteiger partial charge in [-0.15, -0.1) is 0 Å². The van der Waals surface area contributed by atoms with E-state index in [0.717, 1.165) is 11.1 Å². The molecule has 4 heterocycles. The molecule has 4 aromatic rings. The first-order valence-electron chi connectivity index (χ1n) is 10.3. The monoisotopic (exact) mass is 449 g/mol. The number of primary amides is 1. The van der Waals surface area contributed by atoms with Gasteiger partial charge in [-0.2, -0.15) is 4.98 Å². The van der Waals surface area contributed by atoms with Crippen LogP contribution in [0, 0.1) is 11.8 Å². The molecule has 1 saturated carbocycles. The number of aromatic nitrogens is 2. The third-order valence-electron chi connectivity index (χ3n) is 6.20. The summed E-state index contributed by atoms with van der Waals surface area (Å²) in [4.78, 5) is 34.7. The van der Waals surface area contributed by atoms with Gasteiger partial charge in [-0.05, 0) is 42.5 Å². The summed E-state index contributed by atoms with van der Waals surface area (Å²) >= 11 is 1.40. The van der Waals surface area contributed by atoms with Crippen molar-refractivity contribution >= 4 is 44.6 Å². The molecule has 1 aromatic carbocycles. The van der Waals surface area contributed by atoms with Gasteiger partial charge in [0.1, 0.15) is 17.6 Å². The van der Waals surface area contributed by atoms with Gasteiger partial charge in [-0.1, -0.05) is 11.3 Å². The Morgan fingerprint density at radius 3 is 3.09 bits per heavy atom. The molecule has 162 valence electrons. The standard InChI is InChI=1S/C22H19N5O4S/c23-21(29)27-9-11-6-14(11)16(27)8-25-20(28)15-10-30-17-7-12(3-4-13(15)17)31-22-26-19-18(32-22)2-1-5-24-19/h1-5,7,10-11,14,16H,6,8-9H2,(H2,23,29)(H,25,28)/t11?,14-,16?/m1/s1. The second kappa shape index (κ2) is 7.20. The summed E-state index contributed by atoms with van der Waals surface area (Å²) in [5.74, 6) is 1.26. The fourth-order valence-electron chi connectivity index (χ4n) is 4.52. The van der Waals surface area contributed by atoms with Gasteiger partial charge in [-0.3, -0.25) is 4.79 Å². The Balaban J connectivity index is 1.17. The number of fused-ring (bicyclic) bond motifs is 3. The van der Waals surface area contributed by atoms with Crippen LogP contribution < -0.4 is 15.8 Å². The van der Waals surface area contributed by atoms with E-state index in [4.69, 9.17) is 14.9 Å². The van der Waals surface area contributed by atoms with Crippen LogP contribution in [0.1, 0.15) is 16.8 Å². The molecule has 2 unspecified atom stereocenters. The number of nitrogens with two attached hydrogens (primary N) is 1. The van der Waals surface area contributed by atoms with Crippen molar-refractivity contribution in [1.29, 1.82) is 0 Å². The van der Waals surface area contributed by atoms with Crippen molar-refractivity contribution in [3.05, 3.63) is 48.4 Å². The second-order valence-electron chi connectivity index (χ2n) is 8.14. The maximum atomic E-state index is 12.8. The van der Waals surface area contributed by atoms with Crippen molar-refractivity contribution in [1.82, 2.24) is 20.2 Å². The molecule has 9 nitrogen and oxygen atoms in total. The van der Waals surface area contributed by atoms with E-state index in [1.165, 1.54) is 17.6 Å². The number of nitrogens with one attached hydrogen (secondary N) is 1. The van der Waals surface area contributed by atoms with E-state index in [-0.39, 0.29) is 11.9 Å². The Bertz CT molecular complexity index is 1330. The lowest BCUT2D eigenvalue weighted by Crippen LogP contribution is -2.47. The zero-order valence-electron chi connectivity index (χ0n) is 16.9. The fraction of sp³-hybridized carbons (Fsp3) is 0.273. The van der Waals surface area contributed by atoms with Gasteiger partial charge in [0.15, 0.2) is 5.65 Å². The number of carbonyl (C=O) groups excluding carboxylic acids is 2. The van der Waals surface area contributed by atoms with Crippen molar-refractivity contribution in [3.63, 3.8) is 0 Å². The number of amides is 3. The minimum atomic E-state index is -0.429. The quantitative estimate of drug-likeness (QED) is 0.482. The predicted octanol–water partition coefficient (Wildman–Crippen LogP) is 3.36. The van der Waals surface area contributed by atoms with Gasteiger partial charge in [-0.25, -0.2) is 9.78 Å². The van der Waals surface area contributed by atoms with E-state index in [2.05, 4.69) is 15.3 Å². The smallest absolute Gasteiger partial charge is 0.315 e. The summed E-state index contributed by atoms with van der Waals surface area (Å²) in [5, 5.41) is 4.10. The lowest BCUT2D eigenvalue weighted by atomic mass is 10.1. The topological polar surface area (TPSA) is 124 Å². The SMILES string of the molecule is NC(=O)N1CC2C[C@H]2C1CNC(=O)c1coc2cc(Oc3nc4ncccc4s3)ccc12. The minimum absolute atomic E-state index is 0.0390. The number of nitrogens with zero attached hydrogens (tertiary/aromatic N) is 3. The first-order valence-corrected chi connectivity index (χ1v) is 11.1. The summed E-state index contributed by atoms with van der Waals surface area (Å²) in [6.07, 6.45) is 4.21. The number of furan rings is 1. The van der Waals surface area contributed by atoms with E-state index in [1.54, 1.807) is 29.3 Å². The maximum absolute atomic E-state index is 12.8. The average molecular weight is 449 g/mol. The van der Waals surface area contributed by atoms with Gasteiger partial charge in [0.2, 0.25) is 0 Å². The molecule has 0 bridgehead atoms. The van der Waals surface area contributed by atoms with Crippen molar-refractivity contribution in [2.75, 3.05) is 13.1 Å². The Morgan fingerprint density at radius 2 is 2.25 bits per heavy atom. The highest BCUT2D eigenvalue weighted by Gasteiger charge is 2.53. The number of pyridine rings is 1. The highest BCUT2D eigenvalue weighted by atomic mass is 32.1. The number of urea groups is 1. The van der Waals surface area contributed by atoms with Crippen molar-refractivity contribution in [2.24, 2.45) is 17.6 Å². The molecule has 32 heavy (non-hydrogen) atoms. The lowest BCUT2D eigenvalue weighted by molar-refractivity contribution is 0.0940. The number of benzene rings is 1. The molecule has 1 aliphatic carbocycles. The van der Waals surface area contributed by atoms with E-state index >= 15 is 0 Å². The van der Waals surface area contributed by atoms with Gasteiger partial charge in [0.25, 0.3) is 11.1 Å². The predicted molar refractivity (Wildman–Crippen MR) is 118 cm³/mol. The van der Waals surface area contributed by atoms with Gasteiger partial charge in [0.05, 0.1) is 16.3 Å². The Kier molecular flexibility index (Phi) is 4.29. The maximum Gasteiger partial charge on any atom is 0.315 e. The summed E-state index contributed by atoms with van der Waals surface area (Å²) < 4.78 is 12.4. The molecule has 2 fully saturated rings. The fourth-order valence-corrected chi connectivity index (χ4v) is 5.31. The number of likely N-dealkylation sites (tertiary alicyclic amines) is 1. The number of piperidine rings is 1. The van der Waals surface area contributed by atoms with Gasteiger partial charge >= 0.3 is 6.03 Å². The summed E-state index contributed by atoms with van der Waals surface area (Å²) in [5.41, 5.74) is 7.09. The van der Waals surface area contributed by atoms with Crippen LogP contribution in [-0.2, 0) is 0 Å². The number of hydrogen-bond donors (Lipinski definition) is 2. The molecule has 0 radical (unpaired) electrons. The Labute approximate surface area is 186 Å². The largest absolute Gasteiger partial charge is 0.463 e. The molecule has 2 aliphatic rings. The van der Waals surface area contributed by atoms with Gasteiger partial charge in [0, 0.05) is 30.7 Å². The number of rotatable bonds is 5. The molecule has 1 saturated heterocycles. The summed E-state index contributed by atoms with van der Waals surface area (Å²) in [7, 11) is 0. The summed E-state index contributed by atoms with van der Waals surface area (Å²) in [6.45, 7) is 1.06. The first-order chi connectivity index (χ1) is 15.6. The normalized spacial score (nSPS) is 21.6. The number of thiazole rings is 1. The van der Waals surface area contributed by atoms with Crippen molar-refractivity contribution < 1.29 is 18.7 Å². The van der Waals surface area contributed by atoms with Crippen LogP contribution in [0.25, 0.3) is 21.3 Å². The molecule has 3 atom stereocenters. The highest BCUT2D eigenvalue weighted by molar-refractivity contribution is 7.20. The van der Waals surface area contributed by atoms with Crippen LogP contribution in [0.5, 0.6) is 10.9 Å². The molecular weight excluding hydrogens is 430 g/mol. The lowest BCUT2D eigenvalue weighted by Gasteiger charge is -2.25. The van der Waals surface area contributed by atoms with Crippen LogP contribution in [0.2, 0.25) is 0 Å². The van der Waals surface area contributed by atoms with Crippen molar-refractivity contribution in [2.45, 2.75) is 12.5 Å². The van der Waals surface area contributed by atoms with Crippen molar-refractivity contribution in [3.8, 4) is 10.9 Å². The van der Waals surface area contributed by atoms with Crippen LogP contribution >= 0.6 is 11.3 Å². The summed E-state index contributed by atoms with van der Waals surface area (Å²) in [6, 6.07) is 8.61. The molecule has 6 rings (SSSR count). The van der Waals surface area contributed by atoms with Crippen LogP contribution in [-0.4, -0.2) is 45.9 Å². The van der Waals surface area contributed by atoms with Crippen LogP contribution in [0.4, 0.5) is 4.79 Å². The Hall–Kier alpha value is -3.66. The number of ether oxygens (including phenoxy) is 1. The molecule has 1 aliphatic heterocycles. The van der Waals surface area contributed by atoms with E-state index in [9.17, 15) is 9.59 Å². The second-order valence-corrected chi connectivity index (χ2v) is 9.14. The zero-order valence-corrected chi connectivity index (χ0v) is 17.7. The Morgan fingerprint density at radius 1 is 1.34 bits per heavy atom. The minimum Gasteiger partial charge on any atom is -0.463 e. The average Bonchev–Trinajstić information content (AvgIpc) is 3.12. The molecule has 3 amide bonds. The van der Waals surface area contributed by atoms with Crippen LogP contribution in [0.15, 0.2) is 47.2 Å². The molecule has 3 aromatic heterocycles. The zero-order chi connectivity index (χ0) is 21.8. The molecule has 0 spiro atoms. The van der Waals surface area contributed by atoms with E-state index in [0.29, 0.717) is 58.0 Å². The van der Waals surface area contributed by atoms with Gasteiger partial charge < -0.3 is 25.1 Å². The van der Waals surface area contributed by atoms with E-state index < -0.39 is 6.03 Å². The third kappa shape index (κ3) is 3.23. The number of carbonyl (C=O) groups is 2. The third-order valence-corrected chi connectivity index (χ3v) is 7.09. The highest BCUT2D eigenvalue weighted by Crippen LogP contribution is 2.49.